The van der Waals surface area contributed by atoms with E-state index in [9.17, 15) is 20.2 Å². The van der Waals surface area contributed by atoms with E-state index in [0.29, 0.717) is 44.5 Å². The molecule has 32 heavy (non-hydrogen) atoms. The maximum Gasteiger partial charge on any atom is 0.269 e. The predicted molar refractivity (Wildman–Crippen MR) is 119 cm³/mol. The van der Waals surface area contributed by atoms with Crippen LogP contribution in [0.15, 0.2) is 48.5 Å². The van der Waals surface area contributed by atoms with Gasteiger partial charge >= 0.3 is 0 Å². The first-order chi connectivity index (χ1) is 15.4. The van der Waals surface area contributed by atoms with Crippen molar-refractivity contribution in [1.29, 1.82) is 0 Å². The van der Waals surface area contributed by atoms with Crippen LogP contribution in [0.3, 0.4) is 0 Å². The number of benzene rings is 2. The fourth-order valence-corrected chi connectivity index (χ4v) is 4.20. The van der Waals surface area contributed by atoms with E-state index in [0.717, 1.165) is 11.1 Å². The Bertz CT molecular complexity index is 921. The molecule has 2 aromatic carbocycles. The van der Waals surface area contributed by atoms with Crippen molar-refractivity contribution < 1.29 is 19.3 Å². The number of nitro groups is 2. The molecule has 0 saturated carbocycles. The van der Waals surface area contributed by atoms with E-state index in [-0.39, 0.29) is 23.6 Å². The Balaban J connectivity index is 1.40. The van der Waals surface area contributed by atoms with Crippen molar-refractivity contribution in [2.24, 2.45) is 0 Å². The van der Waals surface area contributed by atoms with Crippen molar-refractivity contribution in [2.45, 2.75) is 12.2 Å². The number of nitro benzene ring substituents is 2. The summed E-state index contributed by atoms with van der Waals surface area (Å²) in [6.07, 6.45) is -0.456. The highest BCUT2D eigenvalue weighted by Gasteiger charge is 2.30. The summed E-state index contributed by atoms with van der Waals surface area (Å²) >= 11 is 5.77. The van der Waals surface area contributed by atoms with Crippen LogP contribution in [0.1, 0.15) is 23.3 Å². The average Bonchev–Trinajstić information content (AvgIpc) is 2.84. The van der Waals surface area contributed by atoms with E-state index in [1.807, 2.05) is 0 Å². The van der Waals surface area contributed by atoms with Gasteiger partial charge in [0.25, 0.3) is 11.4 Å². The Morgan fingerprint density at radius 3 is 1.50 bits per heavy atom. The normalized spacial score (nSPS) is 21.2. The molecule has 11 heteroatoms. The van der Waals surface area contributed by atoms with Gasteiger partial charge in [-0.15, -0.1) is 0 Å². The van der Waals surface area contributed by atoms with Crippen LogP contribution in [-0.2, 0) is 9.47 Å². The van der Waals surface area contributed by atoms with Crippen molar-refractivity contribution in [3.8, 4) is 0 Å². The molecule has 2 saturated heterocycles. The first-order valence-corrected chi connectivity index (χ1v) is 10.6. The van der Waals surface area contributed by atoms with Gasteiger partial charge in [0.1, 0.15) is 12.2 Å². The highest BCUT2D eigenvalue weighted by Crippen LogP contribution is 2.28. The van der Waals surface area contributed by atoms with E-state index in [1.165, 1.54) is 24.3 Å². The SMILES string of the molecule is O=[N+]([O-])c1ccc(C2CN(C(=S)N3CCOC(c4ccc([N+](=O)[O-])cc4)C3)CCO2)cc1. The Morgan fingerprint density at radius 1 is 0.781 bits per heavy atom. The van der Waals surface area contributed by atoms with Gasteiger partial charge in [-0.05, 0) is 47.6 Å². The van der Waals surface area contributed by atoms with Gasteiger partial charge in [-0.2, -0.15) is 0 Å². The fourth-order valence-electron chi connectivity index (χ4n) is 3.87. The molecule has 2 aromatic rings. The van der Waals surface area contributed by atoms with Crippen molar-refractivity contribution in [3.63, 3.8) is 0 Å². The Kier molecular flexibility index (Phi) is 6.58. The summed E-state index contributed by atoms with van der Waals surface area (Å²) in [6, 6.07) is 12.8. The van der Waals surface area contributed by atoms with Crippen molar-refractivity contribution in [3.05, 3.63) is 79.9 Å². The van der Waals surface area contributed by atoms with Crippen LogP contribution in [-0.4, -0.2) is 64.2 Å². The summed E-state index contributed by atoms with van der Waals surface area (Å²) in [7, 11) is 0. The maximum atomic E-state index is 10.9. The Labute approximate surface area is 189 Å². The lowest BCUT2D eigenvalue weighted by molar-refractivity contribution is -0.385. The van der Waals surface area contributed by atoms with Crippen LogP contribution in [0.25, 0.3) is 0 Å². The summed E-state index contributed by atoms with van der Waals surface area (Å²) < 4.78 is 11.8. The molecular formula is C21H22N4O6S. The molecule has 2 heterocycles. The van der Waals surface area contributed by atoms with E-state index < -0.39 is 9.85 Å². The van der Waals surface area contributed by atoms with Crippen molar-refractivity contribution in [2.75, 3.05) is 39.4 Å². The third-order valence-corrected chi connectivity index (χ3v) is 6.14. The minimum atomic E-state index is -0.424. The molecule has 2 unspecified atom stereocenters. The molecule has 0 bridgehead atoms. The van der Waals surface area contributed by atoms with Gasteiger partial charge in [0, 0.05) is 37.4 Å². The zero-order chi connectivity index (χ0) is 22.7. The molecule has 0 aromatic heterocycles. The molecule has 0 amide bonds. The zero-order valence-corrected chi connectivity index (χ0v) is 18.0. The lowest BCUT2D eigenvalue weighted by atomic mass is 10.1. The van der Waals surface area contributed by atoms with E-state index >= 15 is 0 Å². The van der Waals surface area contributed by atoms with E-state index in [2.05, 4.69) is 9.80 Å². The zero-order valence-electron chi connectivity index (χ0n) is 17.2. The molecule has 0 spiro atoms. The molecule has 0 N–H and O–H groups in total. The lowest BCUT2D eigenvalue weighted by Crippen LogP contribution is -2.52. The molecule has 2 aliphatic rings. The standard InChI is InChI=1S/C21H22N4O6S/c26-24(27)17-5-1-15(2-6-17)19-13-22(9-11-30-19)21(32)23-10-12-31-20(14-23)16-3-7-18(8-4-16)25(28)29/h1-8,19-20H,9-14H2. The third kappa shape index (κ3) is 4.85. The molecule has 4 rings (SSSR count). The van der Waals surface area contributed by atoms with E-state index in [1.54, 1.807) is 24.3 Å². The quantitative estimate of drug-likeness (QED) is 0.387. The predicted octanol–water partition coefficient (Wildman–Crippen LogP) is 3.23. The largest absolute Gasteiger partial charge is 0.370 e. The minimum Gasteiger partial charge on any atom is -0.370 e. The molecule has 168 valence electrons. The smallest absolute Gasteiger partial charge is 0.269 e. The third-order valence-electron chi connectivity index (χ3n) is 5.63. The van der Waals surface area contributed by atoms with Crippen LogP contribution in [0, 0.1) is 20.2 Å². The van der Waals surface area contributed by atoms with Crippen molar-refractivity contribution >= 4 is 28.7 Å². The number of morpholine rings is 2. The highest BCUT2D eigenvalue weighted by molar-refractivity contribution is 7.80. The summed E-state index contributed by atoms with van der Waals surface area (Å²) in [5, 5.41) is 22.5. The molecule has 2 aliphatic heterocycles. The molecule has 2 fully saturated rings. The van der Waals surface area contributed by atoms with Gasteiger partial charge in [-0.1, -0.05) is 0 Å². The number of rotatable bonds is 4. The number of hydrogen-bond donors (Lipinski definition) is 0. The summed E-state index contributed by atoms with van der Waals surface area (Å²) in [6.45, 7) is 3.41. The Morgan fingerprint density at radius 2 is 1.16 bits per heavy atom. The second kappa shape index (κ2) is 9.55. The average molecular weight is 458 g/mol. The maximum absolute atomic E-state index is 10.9. The van der Waals surface area contributed by atoms with Gasteiger partial charge < -0.3 is 19.3 Å². The molecule has 0 aliphatic carbocycles. The van der Waals surface area contributed by atoms with Gasteiger partial charge in [0.05, 0.1) is 36.1 Å². The van der Waals surface area contributed by atoms with Gasteiger partial charge in [-0.25, -0.2) is 0 Å². The second-order valence-corrected chi connectivity index (χ2v) is 7.96. The van der Waals surface area contributed by atoms with Crippen LogP contribution >= 0.6 is 12.2 Å². The number of ether oxygens (including phenoxy) is 2. The monoisotopic (exact) mass is 458 g/mol. The first kappa shape index (κ1) is 22.1. The van der Waals surface area contributed by atoms with Gasteiger partial charge in [0.2, 0.25) is 0 Å². The van der Waals surface area contributed by atoms with Crippen LogP contribution in [0.5, 0.6) is 0 Å². The van der Waals surface area contributed by atoms with Gasteiger partial charge in [0.15, 0.2) is 5.11 Å². The van der Waals surface area contributed by atoms with Gasteiger partial charge in [-0.3, -0.25) is 20.2 Å². The molecule has 10 nitrogen and oxygen atoms in total. The highest BCUT2D eigenvalue weighted by atomic mass is 32.1. The van der Waals surface area contributed by atoms with Crippen LogP contribution in [0.2, 0.25) is 0 Å². The molecule has 0 radical (unpaired) electrons. The number of non-ortho nitro benzene ring substituents is 2. The summed E-state index contributed by atoms with van der Waals surface area (Å²) in [5.74, 6) is 0. The second-order valence-electron chi connectivity index (χ2n) is 7.59. The number of nitrogens with zero attached hydrogens (tertiary/aromatic N) is 4. The fraction of sp³-hybridized carbons (Fsp3) is 0.381. The van der Waals surface area contributed by atoms with Crippen LogP contribution in [0.4, 0.5) is 11.4 Å². The minimum absolute atomic E-state index is 0.0440. The van der Waals surface area contributed by atoms with E-state index in [4.69, 9.17) is 21.7 Å². The molecular weight excluding hydrogens is 436 g/mol. The number of thiocarbonyl (C=S) groups is 1. The Hall–Kier alpha value is -3.15. The lowest BCUT2D eigenvalue weighted by Gasteiger charge is -2.41. The van der Waals surface area contributed by atoms with Crippen LogP contribution < -0.4 is 0 Å². The summed E-state index contributed by atoms with van der Waals surface area (Å²) in [5.41, 5.74) is 1.83. The first-order valence-electron chi connectivity index (χ1n) is 10.2. The molecule has 2 atom stereocenters. The number of hydrogen-bond acceptors (Lipinski definition) is 7. The topological polar surface area (TPSA) is 111 Å². The summed E-state index contributed by atoms with van der Waals surface area (Å²) in [4.78, 5) is 25.1. The van der Waals surface area contributed by atoms with Crippen molar-refractivity contribution in [1.82, 2.24) is 9.80 Å².